The lowest BCUT2D eigenvalue weighted by Gasteiger charge is -2.08. The van der Waals surface area contributed by atoms with Crippen LogP contribution < -0.4 is 10.1 Å². The Morgan fingerprint density at radius 2 is 1.54 bits per heavy atom. The highest BCUT2D eigenvalue weighted by atomic mass is 32.2. The maximum absolute atomic E-state index is 12.3. The van der Waals surface area contributed by atoms with Crippen LogP contribution >= 0.6 is 0 Å². The second kappa shape index (κ2) is 8.36. The number of hydrazone groups is 1. The van der Waals surface area contributed by atoms with Crippen molar-refractivity contribution in [2.24, 2.45) is 5.10 Å². The Kier molecular flexibility index (Phi) is 5.71. The second-order valence-electron chi connectivity index (χ2n) is 5.75. The minimum atomic E-state index is -3.69. The second-order valence-corrected chi connectivity index (χ2v) is 7.44. The Labute approximate surface area is 162 Å². The summed E-state index contributed by atoms with van der Waals surface area (Å²) < 4.78 is 27.0. The van der Waals surface area contributed by atoms with Crippen LogP contribution in [-0.4, -0.2) is 25.6 Å². The highest BCUT2D eigenvalue weighted by molar-refractivity contribution is 7.92. The fourth-order valence-corrected chi connectivity index (χ4v) is 3.40. The summed E-state index contributed by atoms with van der Waals surface area (Å²) in [5.74, 6) is -0.417. The van der Waals surface area contributed by atoms with Crippen molar-refractivity contribution in [3.05, 3.63) is 90.0 Å². The molecule has 0 unspecified atom stereocenters. The largest absolute Gasteiger partial charge is 0.507 e. The van der Waals surface area contributed by atoms with Crippen molar-refractivity contribution in [1.82, 2.24) is 5.43 Å². The molecule has 3 aromatic rings. The molecule has 0 aromatic heterocycles. The number of carbonyl (C=O) groups excluding carboxylic acids is 1. The number of nitrogens with one attached hydrogen (secondary N) is 2. The third kappa shape index (κ3) is 4.74. The number of benzene rings is 3. The number of hydrogen-bond donors (Lipinski definition) is 3. The van der Waals surface area contributed by atoms with E-state index in [1.807, 2.05) is 0 Å². The van der Waals surface area contributed by atoms with E-state index in [0.29, 0.717) is 16.8 Å². The van der Waals surface area contributed by atoms with E-state index in [1.165, 1.54) is 48.7 Å². The predicted octanol–water partition coefficient (Wildman–Crippen LogP) is 2.96. The van der Waals surface area contributed by atoms with Gasteiger partial charge in [-0.3, -0.25) is 9.52 Å². The summed E-state index contributed by atoms with van der Waals surface area (Å²) in [6.45, 7) is 0. The molecular formula is C20H17N3O4S. The molecule has 3 aromatic carbocycles. The third-order valence-corrected chi connectivity index (χ3v) is 5.16. The summed E-state index contributed by atoms with van der Waals surface area (Å²) in [5.41, 5.74) is 3.45. The van der Waals surface area contributed by atoms with Gasteiger partial charge in [-0.25, -0.2) is 13.8 Å². The number of anilines is 1. The van der Waals surface area contributed by atoms with Gasteiger partial charge in [0.15, 0.2) is 0 Å². The smallest absolute Gasteiger partial charge is 0.271 e. The summed E-state index contributed by atoms with van der Waals surface area (Å²) in [5, 5.41) is 13.4. The summed E-state index contributed by atoms with van der Waals surface area (Å²) >= 11 is 0. The van der Waals surface area contributed by atoms with Crippen LogP contribution in [0.25, 0.3) is 0 Å². The molecule has 28 heavy (non-hydrogen) atoms. The van der Waals surface area contributed by atoms with Crippen LogP contribution in [0.3, 0.4) is 0 Å². The van der Waals surface area contributed by atoms with E-state index in [0.717, 1.165) is 0 Å². The lowest BCUT2D eigenvalue weighted by molar-refractivity contribution is 0.0955. The van der Waals surface area contributed by atoms with Crippen LogP contribution in [0, 0.1) is 0 Å². The maximum atomic E-state index is 12.3. The Morgan fingerprint density at radius 1 is 0.893 bits per heavy atom. The minimum Gasteiger partial charge on any atom is -0.507 e. The zero-order chi connectivity index (χ0) is 20.0. The van der Waals surface area contributed by atoms with Crippen molar-refractivity contribution in [2.75, 3.05) is 4.72 Å². The molecule has 3 rings (SSSR count). The number of phenols is 1. The maximum Gasteiger partial charge on any atom is 0.271 e. The van der Waals surface area contributed by atoms with Crippen LogP contribution in [-0.2, 0) is 10.0 Å². The van der Waals surface area contributed by atoms with Crippen LogP contribution in [0.2, 0.25) is 0 Å². The molecule has 7 nitrogen and oxygen atoms in total. The van der Waals surface area contributed by atoms with Crippen LogP contribution in [0.1, 0.15) is 15.9 Å². The number of sulfonamides is 1. The molecule has 0 fully saturated rings. The number of rotatable bonds is 6. The standard InChI is InChI=1S/C20H17N3O4S/c24-19-9-5-4-6-16(19)14-21-22-20(25)15-10-12-17(13-11-15)23-28(26,27)18-7-2-1-3-8-18/h1-14,23-24H,(H,22,25). The number of carbonyl (C=O) groups is 1. The molecule has 0 aliphatic rings. The SMILES string of the molecule is O=C(NN=Cc1ccccc1O)c1ccc(NS(=O)(=O)c2ccccc2)cc1. The lowest BCUT2D eigenvalue weighted by atomic mass is 10.2. The minimum absolute atomic E-state index is 0.0514. The molecule has 3 N–H and O–H groups in total. The summed E-state index contributed by atoms with van der Waals surface area (Å²) in [6.07, 6.45) is 1.33. The van der Waals surface area contributed by atoms with Crippen molar-refractivity contribution in [2.45, 2.75) is 4.90 Å². The van der Waals surface area contributed by atoms with Gasteiger partial charge >= 0.3 is 0 Å². The number of amides is 1. The first-order valence-corrected chi connectivity index (χ1v) is 9.73. The van der Waals surface area contributed by atoms with Gasteiger partial charge in [-0.05, 0) is 48.5 Å². The first-order chi connectivity index (χ1) is 13.5. The Morgan fingerprint density at radius 3 is 2.21 bits per heavy atom. The van der Waals surface area contributed by atoms with Gasteiger partial charge in [-0.15, -0.1) is 0 Å². The van der Waals surface area contributed by atoms with E-state index >= 15 is 0 Å². The predicted molar refractivity (Wildman–Crippen MR) is 107 cm³/mol. The van der Waals surface area contributed by atoms with Crippen LogP contribution in [0.15, 0.2) is 88.9 Å². The van der Waals surface area contributed by atoms with Gasteiger partial charge in [0.25, 0.3) is 15.9 Å². The average molecular weight is 395 g/mol. The number of hydrogen-bond acceptors (Lipinski definition) is 5. The van der Waals surface area contributed by atoms with Gasteiger partial charge in [-0.2, -0.15) is 5.10 Å². The van der Waals surface area contributed by atoms with Gasteiger partial charge in [-0.1, -0.05) is 30.3 Å². The molecule has 1 amide bonds. The highest BCUT2D eigenvalue weighted by Gasteiger charge is 2.13. The topological polar surface area (TPSA) is 108 Å². The lowest BCUT2D eigenvalue weighted by Crippen LogP contribution is -2.18. The summed E-state index contributed by atoms with van der Waals surface area (Å²) in [4.78, 5) is 12.3. The first kappa shape index (κ1) is 19.1. The monoisotopic (exact) mass is 395 g/mol. The molecule has 0 bridgehead atoms. The average Bonchev–Trinajstić information content (AvgIpc) is 2.70. The molecule has 0 aliphatic heterocycles. The van der Waals surface area contributed by atoms with Crippen molar-refractivity contribution in [3.63, 3.8) is 0 Å². The molecule has 0 atom stereocenters. The van der Waals surface area contributed by atoms with E-state index in [1.54, 1.807) is 36.4 Å². The van der Waals surface area contributed by atoms with E-state index in [4.69, 9.17) is 0 Å². The molecule has 0 heterocycles. The molecule has 0 radical (unpaired) electrons. The van der Waals surface area contributed by atoms with Crippen molar-refractivity contribution < 1.29 is 18.3 Å². The van der Waals surface area contributed by atoms with Crippen molar-refractivity contribution in [3.8, 4) is 5.75 Å². The number of phenolic OH excluding ortho intramolecular Hbond substituents is 1. The van der Waals surface area contributed by atoms with E-state index in [9.17, 15) is 18.3 Å². The molecule has 8 heteroatoms. The molecule has 0 spiro atoms. The number of aromatic hydroxyl groups is 1. The van der Waals surface area contributed by atoms with Gasteiger partial charge in [0.2, 0.25) is 0 Å². The number of nitrogens with zero attached hydrogens (tertiary/aromatic N) is 1. The van der Waals surface area contributed by atoms with Gasteiger partial charge in [0.1, 0.15) is 5.75 Å². The summed E-state index contributed by atoms with van der Waals surface area (Å²) in [7, 11) is -3.69. The van der Waals surface area contributed by atoms with Gasteiger partial charge < -0.3 is 5.11 Å². The van der Waals surface area contributed by atoms with E-state index in [2.05, 4.69) is 15.2 Å². The molecule has 0 saturated carbocycles. The van der Waals surface area contributed by atoms with Gasteiger partial charge in [0.05, 0.1) is 11.1 Å². The molecular weight excluding hydrogens is 378 g/mol. The summed E-state index contributed by atoms with van der Waals surface area (Å²) in [6, 6.07) is 20.5. The Hall–Kier alpha value is -3.65. The highest BCUT2D eigenvalue weighted by Crippen LogP contribution is 2.16. The zero-order valence-electron chi connectivity index (χ0n) is 14.6. The van der Waals surface area contributed by atoms with Crippen molar-refractivity contribution in [1.29, 1.82) is 0 Å². The molecule has 142 valence electrons. The van der Waals surface area contributed by atoms with E-state index < -0.39 is 15.9 Å². The Bertz CT molecular complexity index is 1100. The fourth-order valence-electron chi connectivity index (χ4n) is 2.33. The molecule has 0 saturated heterocycles. The zero-order valence-corrected chi connectivity index (χ0v) is 15.4. The first-order valence-electron chi connectivity index (χ1n) is 8.25. The van der Waals surface area contributed by atoms with Crippen molar-refractivity contribution >= 4 is 27.8 Å². The fraction of sp³-hybridized carbons (Fsp3) is 0. The van der Waals surface area contributed by atoms with Crippen LogP contribution in [0.4, 0.5) is 5.69 Å². The molecule has 0 aliphatic carbocycles. The van der Waals surface area contributed by atoms with Gasteiger partial charge in [0, 0.05) is 16.8 Å². The third-order valence-electron chi connectivity index (χ3n) is 3.76. The van der Waals surface area contributed by atoms with E-state index in [-0.39, 0.29) is 10.6 Å². The van der Waals surface area contributed by atoms with Crippen LogP contribution in [0.5, 0.6) is 5.75 Å². The number of para-hydroxylation sites is 1. The Balaban J connectivity index is 1.64. The normalized spacial score (nSPS) is 11.3. The quantitative estimate of drug-likeness (QED) is 0.440.